The zero-order valence-corrected chi connectivity index (χ0v) is 11.2. The number of rotatable bonds is 6. The Morgan fingerprint density at radius 1 is 1.18 bits per heavy atom. The predicted octanol–water partition coefficient (Wildman–Crippen LogP) is 3.20. The Morgan fingerprint density at radius 2 is 1.71 bits per heavy atom. The number of hydrogen-bond acceptors (Lipinski definition) is 3. The molecule has 0 aliphatic heterocycles. The molecule has 96 valence electrons. The molecule has 0 bridgehead atoms. The summed E-state index contributed by atoms with van der Waals surface area (Å²) in [7, 11) is 3.34. The predicted molar refractivity (Wildman–Crippen MR) is 70.7 cm³/mol. The molecule has 0 unspecified atom stereocenters. The number of methoxy groups -OCH3 is 2. The second kappa shape index (κ2) is 6.50. The highest BCUT2D eigenvalue weighted by atomic mass is 16.5. The van der Waals surface area contributed by atoms with E-state index in [1.165, 1.54) is 0 Å². The maximum Gasteiger partial charge on any atom is 0.127 e. The highest BCUT2D eigenvalue weighted by Crippen LogP contribution is 2.36. The molecule has 0 heterocycles. The van der Waals surface area contributed by atoms with Crippen LogP contribution < -0.4 is 15.2 Å². The molecule has 1 rings (SSSR count). The lowest BCUT2D eigenvalue weighted by Crippen LogP contribution is -2.13. The molecule has 1 atom stereocenters. The van der Waals surface area contributed by atoms with Gasteiger partial charge in [0.25, 0.3) is 0 Å². The van der Waals surface area contributed by atoms with Crippen molar-refractivity contribution in [3.63, 3.8) is 0 Å². The van der Waals surface area contributed by atoms with Gasteiger partial charge in [-0.05, 0) is 31.0 Å². The first-order valence-corrected chi connectivity index (χ1v) is 6.12. The van der Waals surface area contributed by atoms with E-state index in [2.05, 4.69) is 6.92 Å². The van der Waals surface area contributed by atoms with Crippen LogP contribution in [0.4, 0.5) is 0 Å². The first-order chi connectivity index (χ1) is 8.13. The summed E-state index contributed by atoms with van der Waals surface area (Å²) < 4.78 is 10.8. The molecule has 3 heteroatoms. The summed E-state index contributed by atoms with van der Waals surface area (Å²) in [6, 6.07) is 3.98. The fourth-order valence-corrected chi connectivity index (χ4v) is 2.00. The van der Waals surface area contributed by atoms with Crippen LogP contribution >= 0.6 is 0 Å². The second-order valence-electron chi connectivity index (χ2n) is 4.33. The number of hydrogen-bond donors (Lipinski definition) is 1. The van der Waals surface area contributed by atoms with Crippen LogP contribution in [0.25, 0.3) is 0 Å². The number of benzene rings is 1. The van der Waals surface area contributed by atoms with Gasteiger partial charge in [-0.15, -0.1) is 0 Å². The summed E-state index contributed by atoms with van der Waals surface area (Å²) in [4.78, 5) is 0. The van der Waals surface area contributed by atoms with Crippen molar-refractivity contribution in [3.05, 3.63) is 23.3 Å². The second-order valence-corrected chi connectivity index (χ2v) is 4.33. The maximum atomic E-state index is 6.22. The van der Waals surface area contributed by atoms with Crippen LogP contribution in [0.5, 0.6) is 11.5 Å². The Hall–Kier alpha value is -1.22. The molecule has 1 aromatic carbocycles. The molecule has 0 aliphatic carbocycles. The van der Waals surface area contributed by atoms with Crippen LogP contribution in [0.3, 0.4) is 0 Å². The summed E-state index contributed by atoms with van der Waals surface area (Å²) in [5.41, 5.74) is 8.32. The largest absolute Gasteiger partial charge is 0.496 e. The third-order valence-corrected chi connectivity index (χ3v) is 2.93. The van der Waals surface area contributed by atoms with Crippen LogP contribution in [0.2, 0.25) is 0 Å². The van der Waals surface area contributed by atoms with Gasteiger partial charge in [0.05, 0.1) is 19.8 Å². The molecule has 17 heavy (non-hydrogen) atoms. The van der Waals surface area contributed by atoms with Crippen molar-refractivity contribution in [2.24, 2.45) is 5.73 Å². The molecule has 0 amide bonds. The Bertz CT molecular complexity index is 338. The zero-order valence-electron chi connectivity index (χ0n) is 11.2. The molecule has 0 spiro atoms. The van der Waals surface area contributed by atoms with Gasteiger partial charge in [-0.25, -0.2) is 0 Å². The average Bonchev–Trinajstić information content (AvgIpc) is 2.34. The number of unbranched alkanes of at least 4 members (excludes halogenated alkanes) is 1. The van der Waals surface area contributed by atoms with Crippen molar-refractivity contribution >= 4 is 0 Å². The minimum absolute atomic E-state index is 0.0274. The first kappa shape index (κ1) is 13.8. The molecule has 0 aromatic heterocycles. The van der Waals surface area contributed by atoms with E-state index in [9.17, 15) is 0 Å². The van der Waals surface area contributed by atoms with Gasteiger partial charge in [0.15, 0.2) is 0 Å². The fraction of sp³-hybridized carbons (Fsp3) is 0.571. The Labute approximate surface area is 104 Å². The quantitative estimate of drug-likeness (QED) is 0.826. The van der Waals surface area contributed by atoms with E-state index in [0.717, 1.165) is 41.9 Å². The SMILES string of the molecule is CCCC[C@H](N)c1c(OC)cc(C)cc1OC. The van der Waals surface area contributed by atoms with Crippen LogP contribution in [-0.2, 0) is 0 Å². The molecule has 0 radical (unpaired) electrons. The van der Waals surface area contributed by atoms with Gasteiger partial charge in [-0.1, -0.05) is 19.8 Å². The lowest BCUT2D eigenvalue weighted by molar-refractivity contribution is 0.375. The molecule has 3 nitrogen and oxygen atoms in total. The van der Waals surface area contributed by atoms with Crippen molar-refractivity contribution in [1.82, 2.24) is 0 Å². The van der Waals surface area contributed by atoms with Gasteiger partial charge in [-0.3, -0.25) is 0 Å². The Kier molecular flexibility index (Phi) is 5.29. The minimum atomic E-state index is -0.0274. The van der Waals surface area contributed by atoms with E-state index in [0.29, 0.717) is 0 Å². The monoisotopic (exact) mass is 237 g/mol. The van der Waals surface area contributed by atoms with Crippen molar-refractivity contribution < 1.29 is 9.47 Å². The highest BCUT2D eigenvalue weighted by Gasteiger charge is 2.17. The summed E-state index contributed by atoms with van der Waals surface area (Å²) in [6.45, 7) is 4.18. The highest BCUT2D eigenvalue weighted by molar-refractivity contribution is 5.49. The van der Waals surface area contributed by atoms with Gasteiger partial charge < -0.3 is 15.2 Å². The normalized spacial score (nSPS) is 12.3. The molecule has 1 aromatic rings. The molecule has 0 aliphatic rings. The molecule has 0 saturated heterocycles. The topological polar surface area (TPSA) is 44.5 Å². The van der Waals surface area contributed by atoms with E-state index < -0.39 is 0 Å². The van der Waals surface area contributed by atoms with E-state index in [1.54, 1.807) is 14.2 Å². The number of nitrogens with two attached hydrogens (primary N) is 1. The summed E-state index contributed by atoms with van der Waals surface area (Å²) in [5, 5.41) is 0. The van der Waals surface area contributed by atoms with Crippen molar-refractivity contribution in [1.29, 1.82) is 0 Å². The van der Waals surface area contributed by atoms with Crippen molar-refractivity contribution in [2.45, 2.75) is 39.2 Å². The van der Waals surface area contributed by atoms with E-state index in [4.69, 9.17) is 15.2 Å². The summed E-state index contributed by atoms with van der Waals surface area (Å²) >= 11 is 0. The fourth-order valence-electron chi connectivity index (χ4n) is 2.00. The summed E-state index contributed by atoms with van der Waals surface area (Å²) in [5.74, 6) is 1.65. The van der Waals surface area contributed by atoms with Crippen molar-refractivity contribution in [2.75, 3.05) is 14.2 Å². The number of ether oxygens (including phenoxy) is 2. The maximum absolute atomic E-state index is 6.22. The van der Waals surface area contributed by atoms with Crippen LogP contribution in [0.1, 0.15) is 43.4 Å². The van der Waals surface area contributed by atoms with E-state index in [-0.39, 0.29) is 6.04 Å². The Balaban J connectivity index is 3.09. The summed E-state index contributed by atoms with van der Waals surface area (Å²) in [6.07, 6.45) is 3.21. The molecular formula is C14H23NO2. The van der Waals surface area contributed by atoms with E-state index in [1.807, 2.05) is 19.1 Å². The zero-order chi connectivity index (χ0) is 12.8. The molecule has 0 fully saturated rings. The van der Waals surface area contributed by atoms with Crippen molar-refractivity contribution in [3.8, 4) is 11.5 Å². The van der Waals surface area contributed by atoms with Gasteiger partial charge in [-0.2, -0.15) is 0 Å². The lowest BCUT2D eigenvalue weighted by Gasteiger charge is -2.19. The molecular weight excluding hydrogens is 214 g/mol. The van der Waals surface area contributed by atoms with E-state index >= 15 is 0 Å². The van der Waals surface area contributed by atoms with Gasteiger partial charge in [0.2, 0.25) is 0 Å². The lowest BCUT2D eigenvalue weighted by atomic mass is 9.98. The molecule has 0 saturated carbocycles. The smallest absolute Gasteiger partial charge is 0.127 e. The van der Waals surface area contributed by atoms with Crippen LogP contribution in [0.15, 0.2) is 12.1 Å². The van der Waals surface area contributed by atoms with Gasteiger partial charge >= 0.3 is 0 Å². The van der Waals surface area contributed by atoms with Crippen LogP contribution in [-0.4, -0.2) is 14.2 Å². The first-order valence-electron chi connectivity index (χ1n) is 6.12. The van der Waals surface area contributed by atoms with Crippen LogP contribution in [0, 0.1) is 6.92 Å². The Morgan fingerprint density at radius 3 is 2.12 bits per heavy atom. The van der Waals surface area contributed by atoms with Gasteiger partial charge in [0, 0.05) is 6.04 Å². The number of aryl methyl sites for hydroxylation is 1. The average molecular weight is 237 g/mol. The standard InChI is InChI=1S/C14H23NO2/c1-5-6-7-11(15)14-12(16-3)8-10(2)9-13(14)17-4/h8-9,11H,5-7,15H2,1-4H3/t11-/m0/s1. The van der Waals surface area contributed by atoms with Gasteiger partial charge in [0.1, 0.15) is 11.5 Å². The third kappa shape index (κ3) is 3.37. The molecule has 2 N–H and O–H groups in total. The minimum Gasteiger partial charge on any atom is -0.496 e. The third-order valence-electron chi connectivity index (χ3n) is 2.93.